The van der Waals surface area contributed by atoms with Gasteiger partial charge in [-0.3, -0.25) is 0 Å². The van der Waals surface area contributed by atoms with Crippen molar-refractivity contribution in [3.05, 3.63) is 59.6 Å². The van der Waals surface area contributed by atoms with Crippen molar-refractivity contribution in [2.75, 3.05) is 31.6 Å². The molecule has 28 heavy (non-hydrogen) atoms. The summed E-state index contributed by atoms with van der Waals surface area (Å²) in [4.78, 5) is 22.8. The molecule has 1 aromatic carbocycles. The van der Waals surface area contributed by atoms with Gasteiger partial charge in [0.1, 0.15) is 23.5 Å². The summed E-state index contributed by atoms with van der Waals surface area (Å²) in [5.41, 5.74) is 0.649. The largest absolute Gasteiger partial charge is 0.490 e. The minimum atomic E-state index is -0.179. The van der Waals surface area contributed by atoms with Crippen LogP contribution in [-0.4, -0.2) is 51.8 Å². The van der Waals surface area contributed by atoms with E-state index in [2.05, 4.69) is 15.3 Å². The van der Waals surface area contributed by atoms with E-state index in [1.54, 1.807) is 23.6 Å². The van der Waals surface area contributed by atoms with E-state index in [0.717, 1.165) is 5.01 Å². The Morgan fingerprint density at radius 2 is 2.29 bits per heavy atom. The quantitative estimate of drug-likeness (QED) is 0.689. The van der Waals surface area contributed by atoms with E-state index in [0.29, 0.717) is 44.3 Å². The van der Waals surface area contributed by atoms with Gasteiger partial charge in [-0.25, -0.2) is 14.8 Å². The fourth-order valence-electron chi connectivity index (χ4n) is 2.95. The highest BCUT2D eigenvalue weighted by Gasteiger charge is 2.27. The van der Waals surface area contributed by atoms with Crippen molar-refractivity contribution in [3.63, 3.8) is 0 Å². The topological polar surface area (TPSA) is 81.5 Å². The second-order valence-electron chi connectivity index (χ2n) is 6.25. The molecule has 9 heteroatoms. The number of morpholine rings is 1. The maximum atomic E-state index is 12.8. The number of anilines is 1. The third-order valence-electron chi connectivity index (χ3n) is 4.38. The Morgan fingerprint density at radius 1 is 1.36 bits per heavy atom. The van der Waals surface area contributed by atoms with Crippen LogP contribution in [0.4, 0.5) is 10.5 Å². The maximum Gasteiger partial charge on any atom is 0.322 e. The van der Waals surface area contributed by atoms with Crippen LogP contribution in [0, 0.1) is 0 Å². The van der Waals surface area contributed by atoms with Crippen molar-refractivity contribution >= 4 is 23.1 Å². The molecule has 3 aromatic rings. The molecule has 1 atom stereocenters. The Morgan fingerprint density at radius 3 is 3.11 bits per heavy atom. The molecule has 1 N–H and O–H groups in total. The molecule has 146 valence electrons. The Balaban J connectivity index is 1.36. The van der Waals surface area contributed by atoms with E-state index in [9.17, 15) is 4.79 Å². The summed E-state index contributed by atoms with van der Waals surface area (Å²) in [6, 6.07) is 7.27. The summed E-state index contributed by atoms with van der Waals surface area (Å²) >= 11 is 1.54. The summed E-state index contributed by atoms with van der Waals surface area (Å²) in [7, 11) is 0. The summed E-state index contributed by atoms with van der Waals surface area (Å²) in [5.74, 6) is 0.640. The normalized spacial score (nSPS) is 16.7. The van der Waals surface area contributed by atoms with E-state index in [4.69, 9.17) is 9.47 Å². The standard InChI is InChI=1S/C19H21N5O3S/c25-19(24-9-11-27-17(13-24)18-21-6-12-28-18)22-15-3-1-2-4-16(15)26-10-8-23-7-5-20-14-23/h1-7,12,14,17H,8-11,13H2,(H,22,25). The average molecular weight is 399 g/mol. The number of thiazole rings is 1. The molecule has 3 heterocycles. The van der Waals surface area contributed by atoms with Crippen LogP contribution in [0.15, 0.2) is 54.6 Å². The molecular weight excluding hydrogens is 378 g/mol. The van der Waals surface area contributed by atoms with Gasteiger partial charge in [0.15, 0.2) is 0 Å². The predicted molar refractivity (Wildman–Crippen MR) is 106 cm³/mol. The minimum Gasteiger partial charge on any atom is -0.490 e. The fourth-order valence-corrected chi connectivity index (χ4v) is 3.62. The van der Waals surface area contributed by atoms with Gasteiger partial charge in [0, 0.05) is 30.5 Å². The van der Waals surface area contributed by atoms with Crippen LogP contribution >= 0.6 is 11.3 Å². The number of ether oxygens (including phenoxy) is 2. The van der Waals surface area contributed by atoms with E-state index in [1.807, 2.05) is 40.4 Å². The van der Waals surface area contributed by atoms with E-state index < -0.39 is 0 Å². The molecule has 0 bridgehead atoms. The lowest BCUT2D eigenvalue weighted by Gasteiger charge is -2.32. The molecule has 8 nitrogen and oxygen atoms in total. The number of rotatable bonds is 6. The van der Waals surface area contributed by atoms with Gasteiger partial charge in [-0.1, -0.05) is 12.1 Å². The number of urea groups is 1. The van der Waals surface area contributed by atoms with E-state index >= 15 is 0 Å². The zero-order chi connectivity index (χ0) is 19.2. The lowest BCUT2D eigenvalue weighted by atomic mass is 10.2. The Bertz CT molecular complexity index is 885. The number of aromatic nitrogens is 3. The number of carbonyl (C=O) groups is 1. The molecule has 0 aliphatic carbocycles. The second-order valence-corrected chi connectivity index (χ2v) is 7.18. The first kappa shape index (κ1) is 18.5. The number of carbonyl (C=O) groups excluding carboxylic acids is 1. The molecule has 0 radical (unpaired) electrons. The highest BCUT2D eigenvalue weighted by Crippen LogP contribution is 2.27. The number of nitrogens with zero attached hydrogens (tertiary/aromatic N) is 4. The molecule has 1 aliphatic rings. The van der Waals surface area contributed by atoms with Crippen molar-refractivity contribution in [2.45, 2.75) is 12.6 Å². The van der Waals surface area contributed by atoms with Gasteiger partial charge in [-0.15, -0.1) is 11.3 Å². The highest BCUT2D eigenvalue weighted by atomic mass is 32.1. The number of nitrogens with one attached hydrogen (secondary N) is 1. The summed E-state index contributed by atoms with van der Waals surface area (Å²) in [6.45, 7) is 2.66. The van der Waals surface area contributed by atoms with Crippen LogP contribution in [0.25, 0.3) is 0 Å². The van der Waals surface area contributed by atoms with Gasteiger partial charge >= 0.3 is 6.03 Å². The molecule has 4 rings (SSSR count). The van der Waals surface area contributed by atoms with Crippen molar-refractivity contribution in [1.29, 1.82) is 0 Å². The van der Waals surface area contributed by atoms with Crippen molar-refractivity contribution in [3.8, 4) is 5.75 Å². The predicted octanol–water partition coefficient (Wildman–Crippen LogP) is 3.02. The van der Waals surface area contributed by atoms with Gasteiger partial charge in [-0.2, -0.15) is 0 Å². The lowest BCUT2D eigenvalue weighted by molar-refractivity contribution is -0.0136. The lowest BCUT2D eigenvalue weighted by Crippen LogP contribution is -2.44. The molecule has 2 aromatic heterocycles. The summed E-state index contributed by atoms with van der Waals surface area (Å²) in [5, 5.41) is 5.76. The van der Waals surface area contributed by atoms with Gasteiger partial charge in [0.2, 0.25) is 0 Å². The first-order chi connectivity index (χ1) is 13.8. The van der Waals surface area contributed by atoms with Crippen molar-refractivity contribution in [1.82, 2.24) is 19.4 Å². The van der Waals surface area contributed by atoms with Gasteiger partial charge in [-0.05, 0) is 12.1 Å². The Hall–Kier alpha value is -2.91. The summed E-state index contributed by atoms with van der Waals surface area (Å²) in [6.07, 6.45) is 6.93. The molecule has 2 amide bonds. The molecule has 0 saturated carbocycles. The number of hydrogen-bond acceptors (Lipinski definition) is 6. The Labute approximate surface area is 166 Å². The summed E-state index contributed by atoms with van der Waals surface area (Å²) < 4.78 is 13.6. The van der Waals surface area contributed by atoms with Crippen LogP contribution < -0.4 is 10.1 Å². The first-order valence-electron chi connectivity index (χ1n) is 9.04. The van der Waals surface area contributed by atoms with Gasteiger partial charge in [0.25, 0.3) is 0 Å². The van der Waals surface area contributed by atoms with Crippen LogP contribution in [-0.2, 0) is 11.3 Å². The zero-order valence-electron chi connectivity index (χ0n) is 15.2. The Kier molecular flexibility index (Phi) is 5.83. The van der Waals surface area contributed by atoms with Crippen LogP contribution in [0.2, 0.25) is 0 Å². The number of benzene rings is 1. The van der Waals surface area contributed by atoms with Gasteiger partial charge < -0.3 is 24.3 Å². The van der Waals surface area contributed by atoms with Crippen molar-refractivity contribution < 1.29 is 14.3 Å². The molecule has 1 aliphatic heterocycles. The fraction of sp³-hybridized carbons (Fsp3) is 0.316. The smallest absolute Gasteiger partial charge is 0.322 e. The van der Waals surface area contributed by atoms with Crippen LogP contribution in [0.5, 0.6) is 5.75 Å². The average Bonchev–Trinajstić information content (AvgIpc) is 3.44. The minimum absolute atomic E-state index is 0.171. The molecular formula is C19H21N5O3S. The number of hydrogen-bond donors (Lipinski definition) is 1. The maximum absolute atomic E-state index is 12.8. The number of amides is 2. The van der Waals surface area contributed by atoms with Crippen LogP contribution in [0.3, 0.4) is 0 Å². The molecule has 1 unspecified atom stereocenters. The third kappa shape index (κ3) is 4.49. The zero-order valence-corrected chi connectivity index (χ0v) is 16.0. The molecule has 1 saturated heterocycles. The molecule has 0 spiro atoms. The monoisotopic (exact) mass is 399 g/mol. The van der Waals surface area contributed by atoms with E-state index in [-0.39, 0.29) is 12.1 Å². The van der Waals surface area contributed by atoms with E-state index in [1.165, 1.54) is 11.3 Å². The SMILES string of the molecule is O=C(Nc1ccccc1OCCn1ccnc1)N1CCOC(c2nccs2)C1. The number of para-hydroxylation sites is 2. The van der Waals surface area contributed by atoms with Crippen molar-refractivity contribution in [2.24, 2.45) is 0 Å². The second kappa shape index (κ2) is 8.85. The number of imidazole rings is 1. The highest BCUT2D eigenvalue weighted by molar-refractivity contribution is 7.09. The molecule has 1 fully saturated rings. The van der Waals surface area contributed by atoms with Gasteiger partial charge in [0.05, 0.1) is 31.7 Å². The third-order valence-corrected chi connectivity index (χ3v) is 5.24. The van der Waals surface area contributed by atoms with Crippen LogP contribution in [0.1, 0.15) is 11.1 Å². The first-order valence-corrected chi connectivity index (χ1v) is 9.92.